The second-order valence-electron chi connectivity index (χ2n) is 3.37. The van der Waals surface area contributed by atoms with Crippen molar-refractivity contribution in [2.45, 2.75) is 26.1 Å². The van der Waals surface area contributed by atoms with E-state index in [0.717, 1.165) is 11.3 Å². The minimum Gasteiger partial charge on any atom is -0.491 e. The van der Waals surface area contributed by atoms with Crippen LogP contribution in [-0.4, -0.2) is 16.5 Å². The van der Waals surface area contributed by atoms with Crippen LogP contribution in [0, 0.1) is 0 Å². The summed E-state index contributed by atoms with van der Waals surface area (Å²) in [5.41, 5.74) is 0.832. The molecule has 0 bridgehead atoms. The van der Waals surface area contributed by atoms with Gasteiger partial charge in [-0.25, -0.2) is 0 Å². The van der Waals surface area contributed by atoms with Crippen molar-refractivity contribution in [3.63, 3.8) is 0 Å². The average Bonchev–Trinajstić information content (AvgIpc) is 2.16. The van der Waals surface area contributed by atoms with Crippen LogP contribution in [0.4, 0.5) is 0 Å². The second-order valence-corrected chi connectivity index (χ2v) is 4.02. The summed E-state index contributed by atoms with van der Waals surface area (Å²) in [5.74, 6) is 0.759. The van der Waals surface area contributed by atoms with Crippen LogP contribution >= 0.6 is 15.9 Å². The lowest BCUT2D eigenvalue weighted by atomic mass is 10.1. The topological polar surface area (TPSA) is 29.5 Å². The molecule has 0 aliphatic rings. The van der Waals surface area contributed by atoms with Gasteiger partial charge in [0.1, 0.15) is 5.75 Å². The number of aliphatic hydroxyl groups excluding tert-OH is 1. The summed E-state index contributed by atoms with van der Waals surface area (Å²) in [6.45, 7) is 3.94. The Morgan fingerprint density at radius 3 is 2.57 bits per heavy atom. The van der Waals surface area contributed by atoms with Gasteiger partial charge in [-0.1, -0.05) is 34.1 Å². The maximum Gasteiger partial charge on any atom is 0.125 e. The van der Waals surface area contributed by atoms with Gasteiger partial charge in [-0.15, -0.1) is 0 Å². The summed E-state index contributed by atoms with van der Waals surface area (Å²) in [5, 5.41) is 10.2. The summed E-state index contributed by atoms with van der Waals surface area (Å²) in [6, 6.07) is 7.56. The van der Waals surface area contributed by atoms with Gasteiger partial charge in [0.05, 0.1) is 12.2 Å². The predicted molar refractivity (Wildman–Crippen MR) is 61.0 cm³/mol. The van der Waals surface area contributed by atoms with E-state index in [-0.39, 0.29) is 6.10 Å². The van der Waals surface area contributed by atoms with Crippen LogP contribution in [0.15, 0.2) is 24.3 Å². The van der Waals surface area contributed by atoms with Crippen molar-refractivity contribution in [3.05, 3.63) is 29.8 Å². The van der Waals surface area contributed by atoms with Crippen molar-refractivity contribution < 1.29 is 9.84 Å². The van der Waals surface area contributed by atoms with Gasteiger partial charge in [-0.2, -0.15) is 0 Å². The first-order chi connectivity index (χ1) is 6.65. The number of aliphatic hydroxyl groups is 1. The second kappa shape index (κ2) is 5.37. The molecule has 1 aromatic rings. The van der Waals surface area contributed by atoms with Crippen LogP contribution in [0.3, 0.4) is 0 Å². The van der Waals surface area contributed by atoms with Crippen molar-refractivity contribution in [1.82, 2.24) is 0 Å². The highest BCUT2D eigenvalue weighted by Gasteiger charge is 2.12. The SMILES string of the molecule is CC(C)Oc1ccccc1C(O)CBr. The zero-order valence-electron chi connectivity index (χ0n) is 8.40. The first kappa shape index (κ1) is 11.5. The van der Waals surface area contributed by atoms with Crippen molar-refractivity contribution in [2.24, 2.45) is 0 Å². The van der Waals surface area contributed by atoms with Gasteiger partial charge < -0.3 is 9.84 Å². The highest BCUT2D eigenvalue weighted by atomic mass is 79.9. The van der Waals surface area contributed by atoms with E-state index in [1.165, 1.54) is 0 Å². The first-order valence-electron chi connectivity index (χ1n) is 4.64. The number of benzene rings is 1. The Bertz CT molecular complexity index is 286. The number of halogens is 1. The van der Waals surface area contributed by atoms with E-state index < -0.39 is 6.10 Å². The Hall–Kier alpha value is -0.540. The maximum absolute atomic E-state index is 9.70. The van der Waals surface area contributed by atoms with Gasteiger partial charge in [-0.3, -0.25) is 0 Å². The van der Waals surface area contributed by atoms with Gasteiger partial charge in [0.25, 0.3) is 0 Å². The highest BCUT2D eigenvalue weighted by molar-refractivity contribution is 9.09. The van der Waals surface area contributed by atoms with E-state index in [1.807, 2.05) is 38.1 Å². The van der Waals surface area contributed by atoms with Crippen LogP contribution in [-0.2, 0) is 0 Å². The number of rotatable bonds is 4. The Kier molecular flexibility index (Phi) is 4.42. The summed E-state index contributed by atoms with van der Waals surface area (Å²) in [4.78, 5) is 0. The largest absolute Gasteiger partial charge is 0.491 e. The molecule has 0 spiro atoms. The minimum absolute atomic E-state index is 0.124. The van der Waals surface area contributed by atoms with Gasteiger partial charge in [-0.05, 0) is 19.9 Å². The van der Waals surface area contributed by atoms with Crippen molar-refractivity contribution in [3.8, 4) is 5.75 Å². The molecule has 1 unspecified atom stereocenters. The molecule has 1 rings (SSSR count). The molecular weight excluding hydrogens is 244 g/mol. The Labute approximate surface area is 93.0 Å². The number of ether oxygens (including phenoxy) is 1. The minimum atomic E-state index is -0.509. The predicted octanol–water partition coefficient (Wildman–Crippen LogP) is 2.90. The van der Waals surface area contributed by atoms with Crippen LogP contribution in [0.25, 0.3) is 0 Å². The van der Waals surface area contributed by atoms with Gasteiger partial charge in [0.2, 0.25) is 0 Å². The molecule has 3 heteroatoms. The zero-order valence-corrected chi connectivity index (χ0v) is 9.99. The molecule has 14 heavy (non-hydrogen) atoms. The smallest absolute Gasteiger partial charge is 0.125 e. The lowest BCUT2D eigenvalue weighted by molar-refractivity contribution is 0.187. The molecule has 0 fully saturated rings. The lowest BCUT2D eigenvalue weighted by Gasteiger charge is -2.16. The fraction of sp³-hybridized carbons (Fsp3) is 0.455. The quantitative estimate of drug-likeness (QED) is 0.842. The van der Waals surface area contributed by atoms with Crippen molar-refractivity contribution >= 4 is 15.9 Å². The fourth-order valence-corrected chi connectivity index (χ4v) is 1.55. The zero-order chi connectivity index (χ0) is 10.6. The standard InChI is InChI=1S/C11H15BrO2/c1-8(2)14-11-6-4-3-5-9(11)10(13)7-12/h3-6,8,10,13H,7H2,1-2H3. The molecule has 1 atom stereocenters. The summed E-state index contributed by atoms with van der Waals surface area (Å²) in [6.07, 6.45) is -0.386. The van der Waals surface area contributed by atoms with E-state index in [4.69, 9.17) is 4.74 Å². The van der Waals surface area contributed by atoms with Gasteiger partial charge in [0, 0.05) is 10.9 Å². The molecule has 0 saturated heterocycles. The Morgan fingerprint density at radius 2 is 2.00 bits per heavy atom. The molecular formula is C11H15BrO2. The summed E-state index contributed by atoms with van der Waals surface area (Å²) < 4.78 is 5.59. The van der Waals surface area contributed by atoms with Gasteiger partial charge >= 0.3 is 0 Å². The van der Waals surface area contributed by atoms with Crippen LogP contribution in [0.1, 0.15) is 25.5 Å². The number of hydrogen-bond acceptors (Lipinski definition) is 2. The van der Waals surface area contributed by atoms with Crippen LogP contribution in [0.2, 0.25) is 0 Å². The number of para-hydroxylation sites is 1. The van der Waals surface area contributed by atoms with E-state index in [2.05, 4.69) is 15.9 Å². The lowest BCUT2D eigenvalue weighted by Crippen LogP contribution is -2.09. The number of alkyl halides is 1. The Balaban J connectivity index is 2.91. The molecule has 0 amide bonds. The molecule has 0 aliphatic heterocycles. The van der Waals surface area contributed by atoms with Crippen molar-refractivity contribution in [1.29, 1.82) is 0 Å². The third-order valence-corrected chi connectivity index (χ3v) is 2.40. The molecule has 1 aromatic carbocycles. The van der Waals surface area contributed by atoms with Crippen molar-refractivity contribution in [2.75, 3.05) is 5.33 Å². The molecule has 0 saturated carbocycles. The molecule has 0 heterocycles. The van der Waals surface area contributed by atoms with Crippen LogP contribution < -0.4 is 4.74 Å². The van der Waals surface area contributed by atoms with E-state index >= 15 is 0 Å². The van der Waals surface area contributed by atoms with E-state index in [9.17, 15) is 5.11 Å². The molecule has 0 aliphatic carbocycles. The fourth-order valence-electron chi connectivity index (χ4n) is 1.20. The summed E-state index contributed by atoms with van der Waals surface area (Å²) in [7, 11) is 0. The van der Waals surface area contributed by atoms with E-state index in [1.54, 1.807) is 0 Å². The Morgan fingerprint density at radius 1 is 1.36 bits per heavy atom. The molecule has 2 nitrogen and oxygen atoms in total. The molecule has 1 N–H and O–H groups in total. The highest BCUT2D eigenvalue weighted by Crippen LogP contribution is 2.26. The maximum atomic E-state index is 9.70. The number of hydrogen-bond donors (Lipinski definition) is 1. The van der Waals surface area contributed by atoms with Gasteiger partial charge in [0.15, 0.2) is 0 Å². The van der Waals surface area contributed by atoms with Crippen LogP contribution in [0.5, 0.6) is 5.75 Å². The normalized spacial score (nSPS) is 12.9. The first-order valence-corrected chi connectivity index (χ1v) is 5.77. The molecule has 0 aromatic heterocycles. The summed E-state index contributed by atoms with van der Waals surface area (Å²) >= 11 is 3.25. The average molecular weight is 259 g/mol. The monoisotopic (exact) mass is 258 g/mol. The third kappa shape index (κ3) is 3.00. The molecule has 0 radical (unpaired) electrons. The van der Waals surface area contributed by atoms with E-state index in [0.29, 0.717) is 5.33 Å². The molecule has 78 valence electrons. The third-order valence-electron chi connectivity index (χ3n) is 1.79.